The highest BCUT2D eigenvalue weighted by Crippen LogP contribution is 2.13. The summed E-state index contributed by atoms with van der Waals surface area (Å²) in [4.78, 5) is 37.1. The maximum absolute atomic E-state index is 12.8. The molecule has 0 saturated carbocycles. The Kier molecular flexibility index (Phi) is 41.5. The molecule has 0 radical (unpaired) electrons. The van der Waals surface area contributed by atoms with Gasteiger partial charge in [0.2, 0.25) is 0 Å². The summed E-state index contributed by atoms with van der Waals surface area (Å²) in [6.45, 7) is 4.66. The van der Waals surface area contributed by atoms with Crippen LogP contribution in [0.15, 0.2) is 60.8 Å². The van der Waals surface area contributed by atoms with Crippen LogP contribution in [0.4, 0.5) is 0 Å². The average Bonchev–Trinajstić information content (AvgIpc) is 3.22. The van der Waals surface area contributed by atoms with Crippen molar-refractivity contribution in [2.45, 2.75) is 206 Å². The molecule has 0 aliphatic heterocycles. The summed E-state index contributed by atoms with van der Waals surface area (Å²) in [5.74, 6) is -2.32. The van der Waals surface area contributed by atoms with E-state index in [-0.39, 0.29) is 38.6 Å². The van der Waals surface area contributed by atoms with Crippen LogP contribution in [0.1, 0.15) is 194 Å². The number of carbonyl (C=O) groups is 3. The Balaban J connectivity index is 4.43. The third-order valence-electron chi connectivity index (χ3n) is 10.2. The van der Waals surface area contributed by atoms with Gasteiger partial charge in [-0.25, -0.2) is 0 Å². The molecule has 0 aromatic heterocycles. The maximum Gasteiger partial charge on any atom is 0.306 e. The fourth-order valence-electron chi connectivity index (χ4n) is 6.39. The number of carboxylic acid groups (broad SMARTS) is 1. The number of hydrogen-bond donors (Lipinski definition) is 0. The summed E-state index contributed by atoms with van der Waals surface area (Å²) in [5, 5.41) is 11.7. The second-order valence-corrected chi connectivity index (χ2v) is 17.4. The Morgan fingerprint density at radius 2 is 0.885 bits per heavy atom. The van der Waals surface area contributed by atoms with Crippen molar-refractivity contribution in [3.63, 3.8) is 0 Å². The number of quaternary nitrogens is 1. The van der Waals surface area contributed by atoms with Gasteiger partial charge in [0.25, 0.3) is 0 Å². The molecule has 0 bridgehead atoms. The van der Waals surface area contributed by atoms with Gasteiger partial charge in [-0.2, -0.15) is 0 Å². The number of allylic oxidation sites excluding steroid dienone is 10. The van der Waals surface area contributed by atoms with Crippen LogP contribution >= 0.6 is 0 Å². The fourth-order valence-corrected chi connectivity index (χ4v) is 6.39. The second-order valence-electron chi connectivity index (χ2n) is 17.4. The largest absolute Gasteiger partial charge is 0.545 e. The van der Waals surface area contributed by atoms with Gasteiger partial charge in [0.1, 0.15) is 13.2 Å². The number of carbonyl (C=O) groups excluding carboxylic acids is 3. The minimum absolute atomic E-state index is 0.141. The summed E-state index contributed by atoms with van der Waals surface area (Å²) in [5.41, 5.74) is 0. The molecule has 0 fully saturated rings. The predicted molar refractivity (Wildman–Crippen MR) is 251 cm³/mol. The van der Waals surface area contributed by atoms with Gasteiger partial charge in [-0.05, 0) is 83.5 Å². The molecule has 9 heteroatoms. The summed E-state index contributed by atoms with van der Waals surface area (Å²) in [6.07, 6.45) is 49.5. The lowest BCUT2D eigenvalue weighted by molar-refractivity contribution is -0.870. The number of hydrogen-bond acceptors (Lipinski definition) is 8. The third kappa shape index (κ3) is 44.8. The molecule has 0 amide bonds. The summed E-state index contributed by atoms with van der Waals surface area (Å²) in [6, 6.07) is 0. The van der Waals surface area contributed by atoms with Crippen molar-refractivity contribution < 1.29 is 42.9 Å². The molecule has 0 saturated heterocycles. The first-order chi connectivity index (χ1) is 29.6. The van der Waals surface area contributed by atoms with Crippen molar-refractivity contribution in [1.29, 1.82) is 0 Å². The monoisotopic (exact) mass is 858 g/mol. The Labute approximate surface area is 374 Å². The number of ether oxygens (including phenoxy) is 4. The molecule has 0 aromatic rings. The van der Waals surface area contributed by atoms with Gasteiger partial charge in [0, 0.05) is 12.8 Å². The SMILES string of the molecule is CCCCC/C=C\C/C=C\C/C=C\CCCCCCCCC(=O)OC(COC(=O)CCCCCCCCC/C=C\C/C=C\CCCCC)COC(OCC[N+](C)(C)C)C(=O)[O-]. The predicted octanol–water partition coefficient (Wildman–Crippen LogP) is 12.0. The van der Waals surface area contributed by atoms with Gasteiger partial charge in [0.15, 0.2) is 12.4 Å². The lowest BCUT2D eigenvalue weighted by Crippen LogP contribution is -2.44. The first-order valence-corrected chi connectivity index (χ1v) is 24.4. The molecular weight excluding hydrogens is 767 g/mol. The van der Waals surface area contributed by atoms with Crippen LogP contribution in [0.3, 0.4) is 0 Å². The van der Waals surface area contributed by atoms with Crippen molar-refractivity contribution in [3.8, 4) is 0 Å². The maximum atomic E-state index is 12.8. The topological polar surface area (TPSA) is 111 Å². The molecule has 61 heavy (non-hydrogen) atoms. The Morgan fingerprint density at radius 3 is 1.31 bits per heavy atom. The van der Waals surface area contributed by atoms with Gasteiger partial charge in [-0.15, -0.1) is 0 Å². The van der Waals surface area contributed by atoms with E-state index in [1.807, 2.05) is 21.1 Å². The highest BCUT2D eigenvalue weighted by Gasteiger charge is 2.21. The van der Waals surface area contributed by atoms with E-state index in [2.05, 4.69) is 74.6 Å². The molecule has 2 unspecified atom stereocenters. The third-order valence-corrected chi connectivity index (χ3v) is 10.2. The van der Waals surface area contributed by atoms with E-state index in [0.717, 1.165) is 89.9 Å². The molecule has 0 aromatic carbocycles. The molecule has 0 spiro atoms. The van der Waals surface area contributed by atoms with E-state index in [1.165, 1.54) is 70.6 Å². The van der Waals surface area contributed by atoms with Gasteiger partial charge in [-0.3, -0.25) is 9.59 Å². The molecule has 9 nitrogen and oxygen atoms in total. The lowest BCUT2D eigenvalue weighted by Gasteiger charge is -2.26. The highest BCUT2D eigenvalue weighted by molar-refractivity contribution is 5.70. The first kappa shape index (κ1) is 58.0. The molecule has 0 N–H and O–H groups in total. The van der Waals surface area contributed by atoms with Crippen LogP contribution in [0.2, 0.25) is 0 Å². The molecule has 0 aliphatic carbocycles. The fraction of sp³-hybridized carbons (Fsp3) is 0.750. The molecular formula is C52H91NO8. The Morgan fingerprint density at radius 1 is 0.492 bits per heavy atom. The molecule has 352 valence electrons. The number of unbranched alkanes of at least 4 members (excludes halogenated alkanes) is 19. The number of aliphatic carboxylic acids is 1. The summed E-state index contributed by atoms with van der Waals surface area (Å²) in [7, 11) is 5.90. The molecule has 0 rings (SSSR count). The normalized spacial score (nSPS) is 13.4. The van der Waals surface area contributed by atoms with E-state index in [0.29, 0.717) is 17.4 Å². The lowest BCUT2D eigenvalue weighted by atomic mass is 10.1. The van der Waals surface area contributed by atoms with Crippen LogP contribution in [-0.4, -0.2) is 82.3 Å². The van der Waals surface area contributed by atoms with E-state index < -0.39 is 24.3 Å². The quantitative estimate of drug-likeness (QED) is 0.0196. The number of likely N-dealkylation sites (N-methyl/N-ethyl adjacent to an activating group) is 1. The number of rotatable bonds is 44. The van der Waals surface area contributed by atoms with E-state index in [1.54, 1.807) is 0 Å². The number of carboxylic acids is 1. The van der Waals surface area contributed by atoms with Crippen molar-refractivity contribution >= 4 is 17.9 Å². The van der Waals surface area contributed by atoms with Crippen molar-refractivity contribution in [3.05, 3.63) is 60.8 Å². The molecule has 2 atom stereocenters. The van der Waals surface area contributed by atoms with Crippen LogP contribution in [0.25, 0.3) is 0 Å². The standard InChI is InChI=1S/C52H91NO8/c1-6-8-10-12-14-16-18-20-22-24-25-27-29-31-33-35-37-39-41-43-50(55)61-48(47-60-52(51(56)57)58-45-44-53(3,4)5)46-59-49(54)42-40-38-36-34-32-30-28-26-23-21-19-17-15-13-11-9-7-2/h14-17,20-23,25,27,48,52H,6-13,18-19,24,26,28-47H2,1-5H3/b16-14-,17-15-,22-20-,23-21-,27-25-. The van der Waals surface area contributed by atoms with Crippen LogP contribution in [0.5, 0.6) is 0 Å². The van der Waals surface area contributed by atoms with E-state index in [4.69, 9.17) is 18.9 Å². The minimum atomic E-state index is -1.63. The minimum Gasteiger partial charge on any atom is -0.545 e. The Hall–Kier alpha value is -3.01. The van der Waals surface area contributed by atoms with Gasteiger partial charge in [-0.1, -0.05) is 158 Å². The smallest absolute Gasteiger partial charge is 0.306 e. The van der Waals surface area contributed by atoms with Crippen molar-refractivity contribution in [2.24, 2.45) is 0 Å². The zero-order valence-electron chi connectivity index (χ0n) is 39.8. The second kappa shape index (κ2) is 43.6. The molecule has 0 heterocycles. The molecule has 0 aliphatic rings. The first-order valence-electron chi connectivity index (χ1n) is 24.4. The van der Waals surface area contributed by atoms with Crippen LogP contribution in [-0.2, 0) is 33.3 Å². The van der Waals surface area contributed by atoms with Crippen molar-refractivity contribution in [2.75, 3.05) is 47.5 Å². The van der Waals surface area contributed by atoms with Gasteiger partial charge >= 0.3 is 11.9 Å². The highest BCUT2D eigenvalue weighted by atomic mass is 16.7. The van der Waals surface area contributed by atoms with Gasteiger partial charge < -0.3 is 33.3 Å². The summed E-state index contributed by atoms with van der Waals surface area (Å²) < 4.78 is 22.6. The average molecular weight is 858 g/mol. The van der Waals surface area contributed by atoms with Gasteiger partial charge in [0.05, 0.1) is 40.3 Å². The van der Waals surface area contributed by atoms with E-state index in [9.17, 15) is 19.5 Å². The van der Waals surface area contributed by atoms with Crippen LogP contribution < -0.4 is 5.11 Å². The number of nitrogens with zero attached hydrogens (tertiary/aromatic N) is 1. The Bertz CT molecular complexity index is 1180. The van der Waals surface area contributed by atoms with Crippen LogP contribution in [0, 0.1) is 0 Å². The zero-order valence-corrected chi connectivity index (χ0v) is 39.8. The number of esters is 2. The summed E-state index contributed by atoms with van der Waals surface area (Å²) >= 11 is 0. The van der Waals surface area contributed by atoms with Crippen molar-refractivity contribution in [1.82, 2.24) is 0 Å². The zero-order chi connectivity index (χ0) is 44.9. The van der Waals surface area contributed by atoms with E-state index >= 15 is 0 Å².